The van der Waals surface area contributed by atoms with Gasteiger partial charge in [-0.05, 0) is 43.5 Å². The zero-order valence-corrected chi connectivity index (χ0v) is 14.4. The highest BCUT2D eigenvalue weighted by Crippen LogP contribution is 2.21. The number of aryl methyl sites for hydroxylation is 3. The smallest absolute Gasteiger partial charge is 0.239 e. The molecular weight excluding hydrogens is 310 g/mol. The van der Waals surface area contributed by atoms with Gasteiger partial charge in [0.25, 0.3) is 0 Å². The van der Waals surface area contributed by atoms with Gasteiger partial charge in [-0.15, -0.1) is 0 Å². The van der Waals surface area contributed by atoms with Crippen molar-refractivity contribution in [2.24, 2.45) is 0 Å². The zero-order chi connectivity index (χ0) is 17.0. The normalized spacial score (nSPS) is 11.3. The van der Waals surface area contributed by atoms with E-state index < -0.39 is 21.5 Å². The monoisotopic (exact) mass is 331 g/mol. The molecule has 0 bridgehead atoms. The molecule has 0 saturated carbocycles. The van der Waals surface area contributed by atoms with Crippen LogP contribution >= 0.6 is 0 Å². The third-order valence-corrected chi connectivity index (χ3v) is 5.34. The maximum Gasteiger partial charge on any atom is 0.239 e. The maximum atomic E-state index is 12.3. The molecule has 0 radical (unpaired) electrons. The van der Waals surface area contributed by atoms with Gasteiger partial charge >= 0.3 is 0 Å². The number of rotatable bonds is 5. The molecule has 0 aromatic heterocycles. The summed E-state index contributed by atoms with van der Waals surface area (Å²) in [6.07, 6.45) is 0.766. The van der Waals surface area contributed by atoms with Crippen molar-refractivity contribution in [1.29, 1.82) is 0 Å². The van der Waals surface area contributed by atoms with E-state index in [1.165, 1.54) is 12.1 Å². The Morgan fingerprint density at radius 2 is 1.70 bits per heavy atom. The molecule has 5 heteroatoms. The number of para-hydroxylation sites is 1. The van der Waals surface area contributed by atoms with Crippen LogP contribution in [0.4, 0.5) is 5.69 Å². The van der Waals surface area contributed by atoms with Crippen LogP contribution in [0.3, 0.4) is 0 Å². The molecule has 0 spiro atoms. The molecule has 4 nitrogen and oxygen atoms in total. The van der Waals surface area contributed by atoms with Crippen LogP contribution in [0.2, 0.25) is 0 Å². The third-order valence-electron chi connectivity index (χ3n) is 3.71. The Morgan fingerprint density at radius 1 is 1.04 bits per heavy atom. The first-order valence-electron chi connectivity index (χ1n) is 7.51. The molecule has 0 fully saturated rings. The summed E-state index contributed by atoms with van der Waals surface area (Å²) in [4.78, 5) is 12.4. The third kappa shape index (κ3) is 4.20. The Morgan fingerprint density at radius 3 is 2.30 bits per heavy atom. The molecule has 0 saturated heterocycles. The van der Waals surface area contributed by atoms with E-state index in [2.05, 4.69) is 5.32 Å². The van der Waals surface area contributed by atoms with Crippen molar-refractivity contribution in [1.82, 2.24) is 0 Å². The van der Waals surface area contributed by atoms with Gasteiger partial charge in [-0.1, -0.05) is 42.8 Å². The SMILES string of the molecule is CCc1cccc(C)c1NC(=O)CS(=O)(=O)c1ccc(C)cc1. The van der Waals surface area contributed by atoms with Gasteiger partial charge in [0.15, 0.2) is 9.84 Å². The second kappa shape index (κ2) is 6.96. The number of carbonyl (C=O) groups excluding carboxylic acids is 1. The summed E-state index contributed by atoms with van der Waals surface area (Å²) in [5.74, 6) is -1.08. The number of sulfone groups is 1. The van der Waals surface area contributed by atoms with Gasteiger partial charge in [-0.2, -0.15) is 0 Å². The maximum absolute atomic E-state index is 12.3. The summed E-state index contributed by atoms with van der Waals surface area (Å²) in [5.41, 5.74) is 3.59. The fourth-order valence-electron chi connectivity index (χ4n) is 2.38. The molecule has 1 N–H and O–H groups in total. The lowest BCUT2D eigenvalue weighted by atomic mass is 10.1. The van der Waals surface area contributed by atoms with Crippen LogP contribution in [0, 0.1) is 13.8 Å². The number of hydrogen-bond donors (Lipinski definition) is 1. The van der Waals surface area contributed by atoms with Crippen molar-refractivity contribution in [2.45, 2.75) is 32.1 Å². The lowest BCUT2D eigenvalue weighted by Crippen LogP contribution is -2.24. The van der Waals surface area contributed by atoms with E-state index >= 15 is 0 Å². The van der Waals surface area contributed by atoms with Crippen LogP contribution in [0.15, 0.2) is 47.4 Å². The standard InChI is InChI=1S/C18H21NO3S/c1-4-15-7-5-6-14(3)18(15)19-17(20)12-23(21,22)16-10-8-13(2)9-11-16/h5-11H,4,12H2,1-3H3,(H,19,20). The van der Waals surface area contributed by atoms with Gasteiger partial charge in [-0.3, -0.25) is 4.79 Å². The molecule has 2 rings (SSSR count). The quantitative estimate of drug-likeness (QED) is 0.914. The average molecular weight is 331 g/mol. The molecule has 2 aromatic rings. The van der Waals surface area contributed by atoms with Gasteiger partial charge in [0, 0.05) is 5.69 Å². The minimum absolute atomic E-state index is 0.166. The lowest BCUT2D eigenvalue weighted by molar-refractivity contribution is -0.113. The number of hydrogen-bond acceptors (Lipinski definition) is 3. The first-order valence-corrected chi connectivity index (χ1v) is 9.16. The van der Waals surface area contributed by atoms with Crippen LogP contribution in [0.25, 0.3) is 0 Å². The predicted molar refractivity (Wildman–Crippen MR) is 92.4 cm³/mol. The van der Waals surface area contributed by atoms with Gasteiger partial charge in [0.05, 0.1) is 4.90 Å². The molecule has 23 heavy (non-hydrogen) atoms. The number of nitrogens with one attached hydrogen (secondary N) is 1. The van der Waals surface area contributed by atoms with Gasteiger partial charge in [0.2, 0.25) is 5.91 Å². The second-order valence-electron chi connectivity index (χ2n) is 5.58. The van der Waals surface area contributed by atoms with E-state index in [4.69, 9.17) is 0 Å². The first-order chi connectivity index (χ1) is 10.8. The summed E-state index contributed by atoms with van der Waals surface area (Å²) in [6, 6.07) is 12.3. The van der Waals surface area contributed by atoms with E-state index in [0.29, 0.717) is 5.69 Å². The minimum Gasteiger partial charge on any atom is -0.325 e. The van der Waals surface area contributed by atoms with Crippen molar-refractivity contribution in [3.05, 3.63) is 59.2 Å². The van der Waals surface area contributed by atoms with Gasteiger partial charge in [0.1, 0.15) is 5.75 Å². The average Bonchev–Trinajstić information content (AvgIpc) is 2.49. The summed E-state index contributed by atoms with van der Waals surface area (Å²) >= 11 is 0. The summed E-state index contributed by atoms with van der Waals surface area (Å²) < 4.78 is 24.6. The Labute approximate surface area is 137 Å². The number of anilines is 1. The molecule has 1 amide bonds. The summed E-state index contributed by atoms with van der Waals surface area (Å²) in [5, 5.41) is 2.75. The fraction of sp³-hybridized carbons (Fsp3) is 0.278. The van der Waals surface area contributed by atoms with E-state index in [1.807, 2.05) is 39.0 Å². The van der Waals surface area contributed by atoms with Crippen LogP contribution in [-0.4, -0.2) is 20.1 Å². The van der Waals surface area contributed by atoms with Crippen LogP contribution in [-0.2, 0) is 21.1 Å². The van der Waals surface area contributed by atoms with Crippen LogP contribution in [0.1, 0.15) is 23.6 Å². The number of benzene rings is 2. The zero-order valence-electron chi connectivity index (χ0n) is 13.6. The van der Waals surface area contributed by atoms with E-state index in [1.54, 1.807) is 12.1 Å². The highest BCUT2D eigenvalue weighted by atomic mass is 32.2. The largest absolute Gasteiger partial charge is 0.325 e. The minimum atomic E-state index is -3.64. The molecule has 0 heterocycles. The van der Waals surface area contributed by atoms with Crippen molar-refractivity contribution < 1.29 is 13.2 Å². The Hall–Kier alpha value is -2.14. The van der Waals surface area contributed by atoms with Gasteiger partial charge in [-0.25, -0.2) is 8.42 Å². The van der Waals surface area contributed by atoms with E-state index in [0.717, 1.165) is 23.1 Å². The fourth-order valence-corrected chi connectivity index (χ4v) is 3.51. The molecule has 0 aliphatic carbocycles. The lowest BCUT2D eigenvalue weighted by Gasteiger charge is -2.13. The Kier molecular flexibility index (Phi) is 5.21. The molecule has 122 valence electrons. The molecule has 0 unspecified atom stereocenters. The summed E-state index contributed by atoms with van der Waals surface area (Å²) in [7, 11) is -3.64. The van der Waals surface area contributed by atoms with Gasteiger partial charge < -0.3 is 5.32 Å². The molecule has 0 aliphatic heterocycles. The van der Waals surface area contributed by atoms with Crippen molar-refractivity contribution in [3.63, 3.8) is 0 Å². The Bertz CT molecular complexity index is 809. The molecule has 2 aromatic carbocycles. The molecule has 0 atom stereocenters. The van der Waals surface area contributed by atoms with Crippen molar-refractivity contribution in [3.8, 4) is 0 Å². The van der Waals surface area contributed by atoms with Crippen LogP contribution < -0.4 is 5.32 Å². The number of carbonyl (C=O) groups is 1. The van der Waals surface area contributed by atoms with E-state index in [9.17, 15) is 13.2 Å². The Balaban J connectivity index is 2.18. The van der Waals surface area contributed by atoms with Crippen LogP contribution in [0.5, 0.6) is 0 Å². The van der Waals surface area contributed by atoms with Crippen molar-refractivity contribution >= 4 is 21.4 Å². The highest BCUT2D eigenvalue weighted by Gasteiger charge is 2.20. The van der Waals surface area contributed by atoms with Crippen molar-refractivity contribution in [2.75, 3.05) is 11.1 Å². The highest BCUT2D eigenvalue weighted by molar-refractivity contribution is 7.92. The number of amides is 1. The topological polar surface area (TPSA) is 63.2 Å². The predicted octanol–water partition coefficient (Wildman–Crippen LogP) is 3.28. The second-order valence-corrected chi connectivity index (χ2v) is 7.57. The first kappa shape index (κ1) is 17.2. The molecular formula is C18H21NO3S. The molecule has 0 aliphatic rings. The van der Waals surface area contributed by atoms with E-state index in [-0.39, 0.29) is 4.90 Å². The summed E-state index contributed by atoms with van der Waals surface area (Å²) in [6.45, 7) is 5.77.